The third-order valence-electron chi connectivity index (χ3n) is 11.7. The van der Waals surface area contributed by atoms with Crippen LogP contribution in [0.2, 0.25) is 0 Å². The lowest BCUT2D eigenvalue weighted by atomic mass is 9.34. The zero-order valence-electron chi connectivity index (χ0n) is 21.9. The van der Waals surface area contributed by atoms with Crippen molar-refractivity contribution in [2.45, 2.75) is 113 Å². The van der Waals surface area contributed by atoms with Gasteiger partial charge in [0.25, 0.3) is 0 Å². The summed E-state index contributed by atoms with van der Waals surface area (Å²) in [6.07, 6.45) is 14.0. The van der Waals surface area contributed by atoms with E-state index in [4.69, 9.17) is 0 Å². The Bertz CT molecular complexity index is 836. The molecule has 4 rings (SSSR count). The minimum atomic E-state index is -0.651. The second-order valence-electron chi connectivity index (χ2n) is 14.0. The van der Waals surface area contributed by atoms with Gasteiger partial charge >= 0.3 is 5.97 Å². The van der Waals surface area contributed by atoms with Crippen molar-refractivity contribution in [3.63, 3.8) is 0 Å². The average Bonchev–Trinajstić information content (AvgIpc) is 2.68. The van der Waals surface area contributed by atoms with E-state index in [1.165, 1.54) is 56.9 Å². The lowest BCUT2D eigenvalue weighted by Crippen LogP contribution is -2.62. The Hall–Kier alpha value is -1.05. The molecule has 7 atom stereocenters. The summed E-state index contributed by atoms with van der Waals surface area (Å²) in [6, 6.07) is 0. The van der Waals surface area contributed by atoms with Crippen molar-refractivity contribution in [3.8, 4) is 0 Å². The maximum Gasteiger partial charge on any atom is 0.303 e. The van der Waals surface area contributed by atoms with Gasteiger partial charge in [-0.1, -0.05) is 65.3 Å². The molecule has 0 aromatic carbocycles. The second kappa shape index (κ2) is 7.47. The maximum atomic E-state index is 11.6. The van der Waals surface area contributed by atoms with Crippen LogP contribution < -0.4 is 0 Å². The number of fused-ring (bicyclic) bond motifs is 5. The van der Waals surface area contributed by atoms with Crippen molar-refractivity contribution in [1.29, 1.82) is 0 Å². The number of carboxylic acids is 1. The summed E-state index contributed by atoms with van der Waals surface area (Å²) >= 11 is 0. The van der Waals surface area contributed by atoms with E-state index in [0.29, 0.717) is 34.0 Å². The first-order chi connectivity index (χ1) is 14.7. The summed E-state index contributed by atoms with van der Waals surface area (Å²) in [4.78, 5) is 11.6. The molecule has 0 bridgehead atoms. The lowest BCUT2D eigenvalue weighted by Gasteiger charge is -2.70. The fourth-order valence-corrected chi connectivity index (χ4v) is 9.53. The SMILES string of the molecule is C=C(C)C1CCC2(C)C(CCC3C4=CC(C)(C)CCC4(C)CCC32C)C1(C)CCC(=O)O. The van der Waals surface area contributed by atoms with Gasteiger partial charge in [0.15, 0.2) is 0 Å². The lowest BCUT2D eigenvalue weighted by molar-refractivity contribution is -0.184. The zero-order valence-corrected chi connectivity index (χ0v) is 21.9. The van der Waals surface area contributed by atoms with Crippen molar-refractivity contribution < 1.29 is 9.90 Å². The minimum absolute atomic E-state index is 0.0339. The predicted octanol–water partition coefficient (Wildman–Crippen LogP) is 8.43. The van der Waals surface area contributed by atoms with Crippen molar-refractivity contribution in [2.75, 3.05) is 0 Å². The first-order valence-electron chi connectivity index (χ1n) is 13.3. The van der Waals surface area contributed by atoms with Crippen molar-refractivity contribution in [3.05, 3.63) is 23.8 Å². The number of allylic oxidation sites excluding steroid dienone is 3. The molecule has 0 radical (unpaired) electrons. The smallest absolute Gasteiger partial charge is 0.303 e. The topological polar surface area (TPSA) is 37.3 Å². The van der Waals surface area contributed by atoms with Crippen molar-refractivity contribution in [1.82, 2.24) is 0 Å². The number of hydrogen-bond donors (Lipinski definition) is 1. The number of aliphatic carboxylic acids is 1. The summed E-state index contributed by atoms with van der Waals surface area (Å²) < 4.78 is 0. The molecular weight excluding hydrogens is 392 g/mol. The molecule has 0 aromatic rings. The van der Waals surface area contributed by atoms with Gasteiger partial charge in [-0.25, -0.2) is 0 Å². The van der Waals surface area contributed by atoms with Gasteiger partial charge in [-0.2, -0.15) is 0 Å². The highest BCUT2D eigenvalue weighted by molar-refractivity contribution is 5.66. The molecule has 0 spiro atoms. The van der Waals surface area contributed by atoms with Gasteiger partial charge in [-0.05, 0) is 110 Å². The van der Waals surface area contributed by atoms with Crippen LogP contribution in [0, 0.1) is 44.8 Å². The number of hydrogen-bond acceptors (Lipinski definition) is 1. The van der Waals surface area contributed by atoms with E-state index in [9.17, 15) is 9.90 Å². The Morgan fingerprint density at radius 1 is 0.969 bits per heavy atom. The van der Waals surface area contributed by atoms with Crippen LogP contribution in [-0.2, 0) is 4.79 Å². The Morgan fingerprint density at radius 3 is 2.25 bits per heavy atom. The minimum Gasteiger partial charge on any atom is -0.481 e. The second-order valence-corrected chi connectivity index (χ2v) is 14.0. The molecule has 7 unspecified atom stereocenters. The highest BCUT2D eigenvalue weighted by Crippen LogP contribution is 2.74. The van der Waals surface area contributed by atoms with E-state index in [2.05, 4.69) is 61.1 Å². The molecule has 3 fully saturated rings. The molecule has 32 heavy (non-hydrogen) atoms. The van der Waals surface area contributed by atoms with E-state index < -0.39 is 5.97 Å². The summed E-state index contributed by atoms with van der Waals surface area (Å²) in [5.74, 6) is 1.06. The van der Waals surface area contributed by atoms with Crippen LogP contribution >= 0.6 is 0 Å². The first-order valence-corrected chi connectivity index (χ1v) is 13.3. The van der Waals surface area contributed by atoms with Gasteiger partial charge < -0.3 is 5.11 Å². The van der Waals surface area contributed by atoms with Crippen LogP contribution in [0.3, 0.4) is 0 Å². The Labute approximate surface area is 197 Å². The Kier molecular flexibility index (Phi) is 5.63. The molecular formula is C30H48O2. The van der Waals surface area contributed by atoms with Gasteiger partial charge in [-0.15, -0.1) is 0 Å². The Balaban J connectivity index is 1.77. The summed E-state index contributed by atoms with van der Waals surface area (Å²) in [7, 11) is 0. The van der Waals surface area contributed by atoms with Crippen LogP contribution in [0.1, 0.15) is 113 Å². The van der Waals surface area contributed by atoms with Crippen LogP contribution in [0.4, 0.5) is 0 Å². The summed E-state index contributed by atoms with van der Waals surface area (Å²) in [6.45, 7) is 21.6. The van der Waals surface area contributed by atoms with Crippen LogP contribution in [0.25, 0.3) is 0 Å². The van der Waals surface area contributed by atoms with Gasteiger partial charge in [0, 0.05) is 6.42 Å². The van der Waals surface area contributed by atoms with E-state index in [-0.39, 0.29) is 17.3 Å². The molecule has 2 heteroatoms. The third-order valence-corrected chi connectivity index (χ3v) is 11.7. The van der Waals surface area contributed by atoms with E-state index in [1.54, 1.807) is 5.57 Å². The molecule has 3 saturated carbocycles. The van der Waals surface area contributed by atoms with Gasteiger partial charge in [0.05, 0.1) is 0 Å². The molecule has 0 aromatic heterocycles. The largest absolute Gasteiger partial charge is 0.481 e. The Morgan fingerprint density at radius 2 is 1.62 bits per heavy atom. The molecule has 0 amide bonds. The van der Waals surface area contributed by atoms with Crippen LogP contribution in [0.5, 0.6) is 0 Å². The van der Waals surface area contributed by atoms with Crippen LogP contribution in [-0.4, -0.2) is 11.1 Å². The molecule has 180 valence electrons. The summed E-state index contributed by atoms with van der Waals surface area (Å²) in [5.41, 5.74) is 4.37. The van der Waals surface area contributed by atoms with Gasteiger partial charge in [0.2, 0.25) is 0 Å². The van der Waals surface area contributed by atoms with E-state index in [0.717, 1.165) is 6.42 Å². The van der Waals surface area contributed by atoms with Gasteiger partial charge in [-0.3, -0.25) is 4.79 Å². The molecule has 0 aliphatic heterocycles. The molecule has 0 saturated heterocycles. The zero-order chi connectivity index (χ0) is 23.7. The molecule has 4 aliphatic carbocycles. The monoisotopic (exact) mass is 440 g/mol. The molecule has 1 N–H and O–H groups in total. The fourth-order valence-electron chi connectivity index (χ4n) is 9.53. The molecule has 0 heterocycles. The number of carboxylic acid groups (broad SMARTS) is 1. The number of rotatable bonds is 4. The molecule has 4 aliphatic rings. The van der Waals surface area contributed by atoms with E-state index >= 15 is 0 Å². The number of carbonyl (C=O) groups is 1. The maximum absolute atomic E-state index is 11.6. The highest BCUT2D eigenvalue weighted by atomic mass is 16.4. The van der Waals surface area contributed by atoms with Crippen molar-refractivity contribution in [2.24, 2.45) is 44.8 Å². The quantitative estimate of drug-likeness (QED) is 0.445. The fraction of sp³-hybridized carbons (Fsp3) is 0.833. The molecule has 2 nitrogen and oxygen atoms in total. The standard InChI is InChI=1S/C30H48O2/c1-20(2)21-11-14-30(8)24(28(21,6)13-12-25(31)32)10-9-22-23-19-26(3,4)15-16-27(23,5)17-18-29(22,30)7/h19,21-22,24H,1,9-18H2,2-8H3,(H,31,32). The van der Waals surface area contributed by atoms with Crippen LogP contribution in [0.15, 0.2) is 23.8 Å². The average molecular weight is 441 g/mol. The van der Waals surface area contributed by atoms with Gasteiger partial charge in [0.1, 0.15) is 0 Å². The highest BCUT2D eigenvalue weighted by Gasteiger charge is 2.66. The summed E-state index contributed by atoms with van der Waals surface area (Å²) in [5, 5.41) is 9.56. The third kappa shape index (κ3) is 3.37. The van der Waals surface area contributed by atoms with E-state index in [1.807, 2.05) is 0 Å². The predicted molar refractivity (Wildman–Crippen MR) is 133 cm³/mol. The first kappa shape index (κ1) is 24.1. The van der Waals surface area contributed by atoms with Crippen molar-refractivity contribution >= 4 is 5.97 Å². The normalized spacial score (nSPS) is 47.5.